The highest BCUT2D eigenvalue weighted by Gasteiger charge is 2.30. The molecule has 3 rings (SSSR count). The summed E-state index contributed by atoms with van der Waals surface area (Å²) in [7, 11) is 0. The van der Waals surface area contributed by atoms with Gasteiger partial charge in [0.05, 0.1) is 28.6 Å². The molecular formula is C16H15FN4O3. The molecule has 1 saturated heterocycles. The molecule has 1 fully saturated rings. The van der Waals surface area contributed by atoms with Crippen LogP contribution in [0.2, 0.25) is 0 Å². The maximum Gasteiger partial charge on any atom is 0.272 e. The van der Waals surface area contributed by atoms with Crippen LogP contribution < -0.4 is 10.2 Å². The van der Waals surface area contributed by atoms with E-state index in [4.69, 9.17) is 0 Å². The molecule has 0 aliphatic carbocycles. The summed E-state index contributed by atoms with van der Waals surface area (Å²) in [5.74, 6) is -0.928. The average molecular weight is 330 g/mol. The molecule has 124 valence electrons. The van der Waals surface area contributed by atoms with Gasteiger partial charge in [-0.1, -0.05) is 0 Å². The molecule has 2 aromatic rings. The highest BCUT2D eigenvalue weighted by molar-refractivity contribution is 5.99. The van der Waals surface area contributed by atoms with Crippen molar-refractivity contribution in [3.8, 4) is 0 Å². The van der Waals surface area contributed by atoms with Crippen molar-refractivity contribution in [2.45, 2.75) is 18.9 Å². The maximum absolute atomic E-state index is 14.0. The minimum Gasteiger partial charge on any atom is -0.371 e. The number of anilines is 2. The number of carbonyl (C=O) groups is 1. The van der Waals surface area contributed by atoms with Crippen LogP contribution in [0, 0.1) is 15.9 Å². The van der Waals surface area contributed by atoms with Crippen molar-refractivity contribution in [1.82, 2.24) is 4.98 Å². The van der Waals surface area contributed by atoms with Crippen LogP contribution in [0.4, 0.5) is 21.5 Å². The van der Waals surface area contributed by atoms with Gasteiger partial charge in [0.1, 0.15) is 6.04 Å². The molecule has 1 aliphatic rings. The van der Waals surface area contributed by atoms with Gasteiger partial charge in [-0.3, -0.25) is 19.9 Å². The molecule has 2 heterocycles. The number of nitrogens with zero attached hydrogens (tertiary/aromatic N) is 3. The zero-order chi connectivity index (χ0) is 17.1. The lowest BCUT2D eigenvalue weighted by Crippen LogP contribution is -2.47. The second-order valence-electron chi connectivity index (χ2n) is 5.46. The Kier molecular flexibility index (Phi) is 4.37. The first-order chi connectivity index (χ1) is 11.6. The van der Waals surface area contributed by atoms with Gasteiger partial charge in [0, 0.05) is 18.8 Å². The van der Waals surface area contributed by atoms with Crippen LogP contribution in [-0.2, 0) is 4.79 Å². The first-order valence-corrected chi connectivity index (χ1v) is 7.48. The van der Waals surface area contributed by atoms with Gasteiger partial charge in [-0.25, -0.2) is 4.39 Å². The van der Waals surface area contributed by atoms with E-state index in [9.17, 15) is 19.3 Å². The normalized spacial score (nSPS) is 17.6. The van der Waals surface area contributed by atoms with Crippen molar-refractivity contribution in [1.29, 1.82) is 0 Å². The lowest BCUT2D eigenvalue weighted by molar-refractivity contribution is -0.385. The van der Waals surface area contributed by atoms with E-state index in [2.05, 4.69) is 10.3 Å². The second kappa shape index (κ2) is 6.61. The number of hydrogen-bond donors (Lipinski definition) is 1. The molecule has 0 saturated carbocycles. The molecular weight excluding hydrogens is 315 g/mol. The molecule has 0 spiro atoms. The zero-order valence-electron chi connectivity index (χ0n) is 12.7. The summed E-state index contributed by atoms with van der Waals surface area (Å²) in [6.07, 6.45) is 4.55. The Bertz CT molecular complexity index is 769. The van der Waals surface area contributed by atoms with Crippen LogP contribution in [0.1, 0.15) is 12.8 Å². The van der Waals surface area contributed by atoms with Crippen molar-refractivity contribution in [3.63, 3.8) is 0 Å². The highest BCUT2D eigenvalue weighted by Crippen LogP contribution is 2.25. The number of aromatic nitrogens is 1. The van der Waals surface area contributed by atoms with Crippen LogP contribution in [0.25, 0.3) is 0 Å². The number of nitro groups is 1. The molecule has 8 heteroatoms. The van der Waals surface area contributed by atoms with Gasteiger partial charge < -0.3 is 10.2 Å². The van der Waals surface area contributed by atoms with Gasteiger partial charge in [0.2, 0.25) is 5.91 Å². The number of carbonyl (C=O) groups excluding carboxylic acids is 1. The molecule has 0 unspecified atom stereocenters. The fraction of sp³-hybridized carbons (Fsp3) is 0.250. The zero-order valence-corrected chi connectivity index (χ0v) is 12.7. The van der Waals surface area contributed by atoms with Crippen LogP contribution in [0.5, 0.6) is 0 Å². The summed E-state index contributed by atoms with van der Waals surface area (Å²) >= 11 is 0. The number of rotatable bonds is 4. The number of nitrogens with one attached hydrogen (secondary N) is 1. The van der Waals surface area contributed by atoms with Gasteiger partial charge in [-0.2, -0.15) is 0 Å². The smallest absolute Gasteiger partial charge is 0.272 e. The molecule has 0 bridgehead atoms. The third-order valence-electron chi connectivity index (χ3n) is 3.89. The molecule has 1 atom stereocenters. The third-order valence-corrected chi connectivity index (χ3v) is 3.89. The quantitative estimate of drug-likeness (QED) is 0.688. The fourth-order valence-corrected chi connectivity index (χ4v) is 2.70. The molecule has 1 aromatic heterocycles. The monoisotopic (exact) mass is 330 g/mol. The maximum atomic E-state index is 14.0. The van der Waals surface area contributed by atoms with Crippen LogP contribution in [0.15, 0.2) is 42.7 Å². The summed E-state index contributed by atoms with van der Waals surface area (Å²) in [4.78, 5) is 28.2. The van der Waals surface area contributed by atoms with Crippen molar-refractivity contribution in [2.75, 3.05) is 16.8 Å². The molecule has 1 N–H and O–H groups in total. The Morgan fingerprint density at radius 2 is 2.21 bits per heavy atom. The Labute approximate surface area is 137 Å². The molecule has 1 amide bonds. The summed E-state index contributed by atoms with van der Waals surface area (Å²) in [5.41, 5.74) is 0.440. The first kappa shape index (κ1) is 15.9. The van der Waals surface area contributed by atoms with Crippen molar-refractivity contribution in [2.24, 2.45) is 0 Å². The van der Waals surface area contributed by atoms with E-state index >= 15 is 0 Å². The van der Waals surface area contributed by atoms with Crippen molar-refractivity contribution in [3.05, 3.63) is 58.7 Å². The van der Waals surface area contributed by atoms with E-state index in [1.165, 1.54) is 12.1 Å². The number of pyridine rings is 1. The first-order valence-electron chi connectivity index (χ1n) is 7.48. The van der Waals surface area contributed by atoms with E-state index in [-0.39, 0.29) is 17.3 Å². The molecule has 24 heavy (non-hydrogen) atoms. The predicted molar refractivity (Wildman–Crippen MR) is 86.3 cm³/mol. The Morgan fingerprint density at radius 3 is 2.88 bits per heavy atom. The third kappa shape index (κ3) is 3.17. The molecule has 1 aromatic carbocycles. The number of non-ortho nitro benzene ring substituents is 1. The van der Waals surface area contributed by atoms with Crippen molar-refractivity contribution < 1.29 is 14.1 Å². The topological polar surface area (TPSA) is 88.4 Å². The summed E-state index contributed by atoms with van der Waals surface area (Å²) in [6, 6.07) is 6.28. The average Bonchev–Trinajstić information content (AvgIpc) is 2.59. The minimum absolute atomic E-state index is 0.0759. The molecule has 7 nitrogen and oxygen atoms in total. The van der Waals surface area contributed by atoms with E-state index in [0.717, 1.165) is 12.5 Å². The number of nitro benzene ring substituents is 1. The Hall–Kier alpha value is -3.03. The lowest BCUT2D eigenvalue weighted by Gasteiger charge is -2.33. The number of benzene rings is 1. The summed E-state index contributed by atoms with van der Waals surface area (Å²) in [6.45, 7) is 0.575. The van der Waals surface area contributed by atoms with Gasteiger partial charge in [0.25, 0.3) is 5.69 Å². The molecule has 0 radical (unpaired) electrons. The number of piperidine rings is 1. The van der Waals surface area contributed by atoms with Crippen LogP contribution >= 0.6 is 0 Å². The van der Waals surface area contributed by atoms with Crippen molar-refractivity contribution >= 4 is 23.0 Å². The number of amides is 1. The Morgan fingerprint density at radius 1 is 1.38 bits per heavy atom. The van der Waals surface area contributed by atoms with Gasteiger partial charge in [-0.15, -0.1) is 0 Å². The van der Waals surface area contributed by atoms with Gasteiger partial charge in [-0.05, 0) is 31.0 Å². The number of halogens is 1. The largest absolute Gasteiger partial charge is 0.371 e. The van der Waals surface area contributed by atoms with Gasteiger partial charge >= 0.3 is 0 Å². The Balaban J connectivity index is 1.78. The highest BCUT2D eigenvalue weighted by atomic mass is 19.1. The SMILES string of the molecule is O=C1[C@H](Nc2ccc([N+](=O)[O-])cc2F)CCCN1c1cccnc1. The minimum atomic E-state index is -0.754. The van der Waals surface area contributed by atoms with Crippen LogP contribution in [-0.4, -0.2) is 28.4 Å². The standard InChI is InChI=1S/C16H15FN4O3/c17-13-9-11(21(23)24)5-6-14(13)19-15-4-2-8-20(16(15)22)12-3-1-7-18-10-12/h1,3,5-7,9-10,15,19H,2,4,8H2/t15-/m1/s1. The van der Waals surface area contributed by atoms with E-state index < -0.39 is 16.8 Å². The van der Waals surface area contributed by atoms with Crippen LogP contribution in [0.3, 0.4) is 0 Å². The second-order valence-corrected chi connectivity index (χ2v) is 5.46. The fourth-order valence-electron chi connectivity index (χ4n) is 2.70. The van der Waals surface area contributed by atoms with Gasteiger partial charge in [0.15, 0.2) is 5.82 Å². The molecule has 1 aliphatic heterocycles. The van der Waals surface area contributed by atoms with E-state index in [1.807, 2.05) is 0 Å². The lowest BCUT2D eigenvalue weighted by atomic mass is 10.0. The predicted octanol–water partition coefficient (Wildman–Crippen LogP) is 2.74. The summed E-state index contributed by atoms with van der Waals surface area (Å²) < 4.78 is 14.0. The number of hydrogen-bond acceptors (Lipinski definition) is 5. The summed E-state index contributed by atoms with van der Waals surface area (Å²) in [5, 5.41) is 13.5. The van der Waals surface area contributed by atoms with E-state index in [0.29, 0.717) is 18.7 Å². The van der Waals surface area contributed by atoms with E-state index in [1.54, 1.807) is 29.4 Å².